The van der Waals surface area contributed by atoms with Crippen LogP contribution in [0.1, 0.15) is 11.1 Å². The maximum atomic E-state index is 6.45. The molecule has 0 unspecified atom stereocenters. The van der Waals surface area contributed by atoms with Crippen LogP contribution in [0.25, 0.3) is 22.3 Å². The lowest BCUT2D eigenvalue weighted by atomic mass is 10.0. The number of benzene rings is 4. The lowest BCUT2D eigenvalue weighted by Gasteiger charge is -2.07. The molecule has 0 bridgehead atoms. The van der Waals surface area contributed by atoms with Crippen LogP contribution in [-0.2, 0) is 0 Å². The van der Waals surface area contributed by atoms with Crippen molar-refractivity contribution in [1.29, 1.82) is 0 Å². The molecule has 154 valence electrons. The molecule has 4 aromatic rings. The zero-order valence-electron chi connectivity index (χ0n) is 17.0. The normalized spacial score (nSPS) is 11.3. The molecule has 4 rings (SSSR count). The molecular weight excluding hydrogens is 447 g/mol. The third-order valence-corrected chi connectivity index (χ3v) is 6.06. The molecular formula is C26H19Cl3N2. The summed E-state index contributed by atoms with van der Waals surface area (Å²) in [6, 6.07) is 25.6. The first-order valence-electron chi connectivity index (χ1n) is 9.75. The van der Waals surface area contributed by atoms with Crippen LogP contribution in [0.15, 0.2) is 89.1 Å². The Balaban J connectivity index is 1.56. The highest BCUT2D eigenvalue weighted by atomic mass is 35.5. The van der Waals surface area contributed by atoms with E-state index in [1.165, 1.54) is 5.56 Å². The minimum atomic E-state index is 0.505. The zero-order valence-corrected chi connectivity index (χ0v) is 19.3. The molecule has 0 aromatic heterocycles. The third kappa shape index (κ3) is 4.99. The van der Waals surface area contributed by atoms with E-state index in [1.54, 1.807) is 0 Å². The molecule has 0 saturated heterocycles. The fourth-order valence-corrected chi connectivity index (χ4v) is 3.78. The largest absolute Gasteiger partial charge is 0.149 e. The van der Waals surface area contributed by atoms with Gasteiger partial charge in [-0.2, -0.15) is 0 Å². The summed E-state index contributed by atoms with van der Waals surface area (Å²) in [5, 5.41) is 10.4. The van der Waals surface area contributed by atoms with Gasteiger partial charge in [-0.05, 0) is 72.0 Å². The maximum Gasteiger partial charge on any atom is 0.104 e. The van der Waals surface area contributed by atoms with E-state index in [2.05, 4.69) is 41.4 Å². The molecule has 0 amide bonds. The Hall–Kier alpha value is -2.65. The second kappa shape index (κ2) is 9.23. The molecule has 0 atom stereocenters. The van der Waals surface area contributed by atoms with E-state index in [0.717, 1.165) is 32.8 Å². The van der Waals surface area contributed by atoms with Crippen LogP contribution in [0.3, 0.4) is 0 Å². The Morgan fingerprint density at radius 3 is 1.39 bits per heavy atom. The highest BCUT2D eigenvalue weighted by molar-refractivity contribution is 6.34. The summed E-state index contributed by atoms with van der Waals surface area (Å²) in [6.07, 6.45) is 0. The molecule has 0 spiro atoms. The molecule has 0 aliphatic carbocycles. The standard InChI is InChI=1S/C26H19Cl3N2/c1-16-3-6-18(7-4-16)19-9-11-25(23(28)14-19)30-31-26-12-10-21(15-24(26)29)20-8-5-17(2)22(27)13-20/h3-15H,1-2H3. The van der Waals surface area contributed by atoms with Gasteiger partial charge in [0.25, 0.3) is 0 Å². The van der Waals surface area contributed by atoms with E-state index < -0.39 is 0 Å². The SMILES string of the molecule is Cc1ccc(-c2ccc(N=Nc3ccc(-c4ccc(C)c(Cl)c4)cc3Cl)c(Cl)c2)cc1. The van der Waals surface area contributed by atoms with E-state index in [0.29, 0.717) is 21.4 Å². The average molecular weight is 466 g/mol. The van der Waals surface area contributed by atoms with Gasteiger partial charge >= 0.3 is 0 Å². The third-order valence-electron chi connectivity index (χ3n) is 5.05. The topological polar surface area (TPSA) is 24.7 Å². The molecule has 0 saturated carbocycles. The minimum absolute atomic E-state index is 0.505. The van der Waals surface area contributed by atoms with Gasteiger partial charge in [-0.3, -0.25) is 0 Å². The smallest absolute Gasteiger partial charge is 0.104 e. The van der Waals surface area contributed by atoms with Crippen LogP contribution in [0.4, 0.5) is 11.4 Å². The number of rotatable bonds is 4. The van der Waals surface area contributed by atoms with Crippen LogP contribution < -0.4 is 0 Å². The van der Waals surface area contributed by atoms with Crippen LogP contribution in [0.5, 0.6) is 0 Å². The number of halogens is 3. The second-order valence-corrected chi connectivity index (χ2v) is 8.58. The summed E-state index contributed by atoms with van der Waals surface area (Å²) >= 11 is 19.2. The molecule has 5 heteroatoms. The molecule has 31 heavy (non-hydrogen) atoms. The summed E-state index contributed by atoms with van der Waals surface area (Å²) < 4.78 is 0. The minimum Gasteiger partial charge on any atom is -0.149 e. The Morgan fingerprint density at radius 2 is 0.903 bits per heavy atom. The van der Waals surface area contributed by atoms with Crippen molar-refractivity contribution in [3.05, 3.63) is 105 Å². The lowest BCUT2D eigenvalue weighted by molar-refractivity contribution is 1.23. The van der Waals surface area contributed by atoms with Crippen molar-refractivity contribution in [2.24, 2.45) is 10.2 Å². The van der Waals surface area contributed by atoms with Crippen molar-refractivity contribution in [1.82, 2.24) is 0 Å². The average Bonchev–Trinajstić information content (AvgIpc) is 2.76. The summed E-state index contributed by atoms with van der Waals surface area (Å²) in [7, 11) is 0. The monoisotopic (exact) mass is 464 g/mol. The van der Waals surface area contributed by atoms with Crippen LogP contribution in [0, 0.1) is 13.8 Å². The van der Waals surface area contributed by atoms with Gasteiger partial charge < -0.3 is 0 Å². The molecule has 0 fully saturated rings. The molecule has 2 nitrogen and oxygen atoms in total. The Bertz CT molecular complexity index is 1280. The predicted molar refractivity (Wildman–Crippen MR) is 132 cm³/mol. The van der Waals surface area contributed by atoms with Gasteiger partial charge in [0.05, 0.1) is 10.0 Å². The van der Waals surface area contributed by atoms with Crippen LogP contribution in [-0.4, -0.2) is 0 Å². The van der Waals surface area contributed by atoms with E-state index in [4.69, 9.17) is 34.8 Å². The highest BCUT2D eigenvalue weighted by Crippen LogP contribution is 2.35. The number of hydrogen-bond donors (Lipinski definition) is 0. The first-order chi connectivity index (χ1) is 14.9. The van der Waals surface area contributed by atoms with Crippen molar-refractivity contribution in [2.45, 2.75) is 13.8 Å². The summed E-state index contributed by atoms with van der Waals surface area (Å²) in [5.74, 6) is 0. The first kappa shape index (κ1) is 21.6. The summed E-state index contributed by atoms with van der Waals surface area (Å²) in [6.45, 7) is 4.04. The molecule has 0 aliphatic heterocycles. The molecule has 0 N–H and O–H groups in total. The lowest BCUT2D eigenvalue weighted by Crippen LogP contribution is -1.81. The number of aryl methyl sites for hydroxylation is 2. The van der Waals surface area contributed by atoms with Gasteiger partial charge in [0, 0.05) is 5.02 Å². The Kier molecular flexibility index (Phi) is 6.43. The van der Waals surface area contributed by atoms with Crippen LogP contribution >= 0.6 is 34.8 Å². The van der Waals surface area contributed by atoms with E-state index >= 15 is 0 Å². The van der Waals surface area contributed by atoms with Crippen molar-refractivity contribution >= 4 is 46.2 Å². The fourth-order valence-electron chi connectivity index (χ4n) is 3.16. The number of nitrogens with zero attached hydrogens (tertiary/aromatic N) is 2. The van der Waals surface area contributed by atoms with Gasteiger partial charge in [0.1, 0.15) is 11.4 Å². The molecule has 0 radical (unpaired) electrons. The van der Waals surface area contributed by atoms with E-state index in [1.807, 2.05) is 61.5 Å². The van der Waals surface area contributed by atoms with E-state index in [-0.39, 0.29) is 0 Å². The van der Waals surface area contributed by atoms with Gasteiger partial charge in [-0.25, -0.2) is 0 Å². The quantitative estimate of drug-likeness (QED) is 0.268. The molecule has 0 heterocycles. The fraction of sp³-hybridized carbons (Fsp3) is 0.0769. The predicted octanol–water partition coefficient (Wildman–Crippen LogP) is 10.0. The van der Waals surface area contributed by atoms with Crippen LogP contribution in [0.2, 0.25) is 15.1 Å². The number of azo groups is 1. The van der Waals surface area contributed by atoms with Crippen molar-refractivity contribution in [3.63, 3.8) is 0 Å². The summed E-state index contributed by atoms with van der Waals surface area (Å²) in [5.41, 5.74) is 7.50. The zero-order chi connectivity index (χ0) is 22.0. The summed E-state index contributed by atoms with van der Waals surface area (Å²) in [4.78, 5) is 0. The Morgan fingerprint density at radius 1 is 0.484 bits per heavy atom. The Labute approximate surface area is 197 Å². The van der Waals surface area contributed by atoms with Crippen molar-refractivity contribution in [2.75, 3.05) is 0 Å². The van der Waals surface area contributed by atoms with Gasteiger partial charge in [0.2, 0.25) is 0 Å². The maximum absolute atomic E-state index is 6.45. The van der Waals surface area contributed by atoms with Gasteiger partial charge in [-0.1, -0.05) is 88.9 Å². The molecule has 0 aliphatic rings. The van der Waals surface area contributed by atoms with E-state index in [9.17, 15) is 0 Å². The first-order valence-corrected chi connectivity index (χ1v) is 10.9. The van der Waals surface area contributed by atoms with Gasteiger partial charge in [-0.15, -0.1) is 10.2 Å². The van der Waals surface area contributed by atoms with Crippen molar-refractivity contribution in [3.8, 4) is 22.3 Å². The molecule has 4 aromatic carbocycles. The second-order valence-electron chi connectivity index (χ2n) is 7.36. The highest BCUT2D eigenvalue weighted by Gasteiger charge is 2.07. The van der Waals surface area contributed by atoms with Crippen molar-refractivity contribution < 1.29 is 0 Å². The van der Waals surface area contributed by atoms with Gasteiger partial charge in [0.15, 0.2) is 0 Å². The number of hydrogen-bond acceptors (Lipinski definition) is 2.